The maximum Gasteiger partial charge on any atom is 0.329 e. The van der Waals surface area contributed by atoms with Crippen molar-refractivity contribution in [3.63, 3.8) is 0 Å². The van der Waals surface area contributed by atoms with Crippen LogP contribution in [-0.4, -0.2) is 40.7 Å². The first-order chi connectivity index (χ1) is 13.6. The van der Waals surface area contributed by atoms with E-state index in [4.69, 9.17) is 4.74 Å². The molecule has 0 spiro atoms. The molecule has 2 aliphatic rings. The van der Waals surface area contributed by atoms with Gasteiger partial charge in [-0.15, -0.1) is 11.8 Å². The minimum Gasteiger partial charge on any atom is -0.464 e. The number of nitrogens with one attached hydrogen (secondary N) is 1. The van der Waals surface area contributed by atoms with Crippen LogP contribution >= 0.6 is 11.8 Å². The molecule has 0 bridgehead atoms. The third-order valence-electron chi connectivity index (χ3n) is 5.72. The van der Waals surface area contributed by atoms with Crippen LogP contribution in [0.25, 0.3) is 0 Å². The number of amides is 2. The zero-order chi connectivity index (χ0) is 19.9. The Morgan fingerprint density at radius 3 is 2.68 bits per heavy atom. The van der Waals surface area contributed by atoms with E-state index in [-0.39, 0.29) is 17.4 Å². The summed E-state index contributed by atoms with van der Waals surface area (Å²) >= 11 is 1.74. The Morgan fingerprint density at radius 2 is 1.96 bits per heavy atom. The molecule has 1 aromatic carbocycles. The van der Waals surface area contributed by atoms with Gasteiger partial charge in [0, 0.05) is 11.4 Å². The van der Waals surface area contributed by atoms with Gasteiger partial charge in [0.15, 0.2) is 0 Å². The van der Waals surface area contributed by atoms with Crippen LogP contribution in [0.2, 0.25) is 0 Å². The largest absolute Gasteiger partial charge is 0.464 e. The molecule has 1 aliphatic carbocycles. The second-order valence-corrected chi connectivity index (χ2v) is 8.96. The zero-order valence-corrected chi connectivity index (χ0v) is 17.8. The van der Waals surface area contributed by atoms with Crippen molar-refractivity contribution in [3.8, 4) is 0 Å². The van der Waals surface area contributed by atoms with Crippen molar-refractivity contribution in [2.24, 2.45) is 5.92 Å². The van der Waals surface area contributed by atoms with E-state index in [0.29, 0.717) is 18.3 Å². The van der Waals surface area contributed by atoms with Crippen LogP contribution in [0.3, 0.4) is 0 Å². The van der Waals surface area contributed by atoms with Gasteiger partial charge in [0.05, 0.1) is 12.0 Å². The number of thioether (sulfide) groups is 1. The van der Waals surface area contributed by atoms with Gasteiger partial charge in [-0.3, -0.25) is 4.90 Å². The van der Waals surface area contributed by atoms with Gasteiger partial charge in [0.25, 0.3) is 0 Å². The highest BCUT2D eigenvalue weighted by molar-refractivity contribution is 8.00. The Hall–Kier alpha value is -1.69. The molecule has 3 rings (SSSR count). The summed E-state index contributed by atoms with van der Waals surface area (Å²) in [5.41, 5.74) is 1.81. The topological polar surface area (TPSA) is 58.6 Å². The summed E-state index contributed by atoms with van der Waals surface area (Å²) in [5, 5.41) is 3.09. The third-order valence-corrected chi connectivity index (χ3v) is 7.19. The highest BCUT2D eigenvalue weighted by Crippen LogP contribution is 2.41. The van der Waals surface area contributed by atoms with Crippen LogP contribution in [0.5, 0.6) is 0 Å². The molecule has 2 amide bonds. The monoisotopic (exact) mass is 404 g/mol. The number of aryl methyl sites for hydroxylation is 1. The molecule has 28 heavy (non-hydrogen) atoms. The quantitative estimate of drug-likeness (QED) is 0.523. The molecule has 2 atom stereocenters. The van der Waals surface area contributed by atoms with Gasteiger partial charge in [0.2, 0.25) is 0 Å². The smallest absolute Gasteiger partial charge is 0.329 e. The Kier molecular flexibility index (Phi) is 7.65. The van der Waals surface area contributed by atoms with E-state index >= 15 is 0 Å². The first-order valence-electron chi connectivity index (χ1n) is 10.5. The number of carbonyl (C=O) groups excluding carboxylic acids is 2. The molecule has 1 saturated heterocycles. The summed E-state index contributed by atoms with van der Waals surface area (Å²) < 4.78 is 5.48. The number of nitrogens with zero attached hydrogens (tertiary/aromatic N) is 1. The Balaban J connectivity index is 1.76. The Bertz CT molecular complexity index is 676. The Morgan fingerprint density at radius 1 is 1.21 bits per heavy atom. The summed E-state index contributed by atoms with van der Waals surface area (Å²) in [6.07, 6.45) is 7.78. The number of unbranched alkanes of at least 4 members (excludes halogenated alkanes) is 1. The van der Waals surface area contributed by atoms with E-state index in [1.54, 1.807) is 16.7 Å². The molecule has 5 nitrogen and oxygen atoms in total. The average Bonchev–Trinajstić information content (AvgIpc) is 3.16. The Labute approximate surface area is 172 Å². The zero-order valence-electron chi connectivity index (χ0n) is 17.0. The van der Waals surface area contributed by atoms with Crippen molar-refractivity contribution in [1.82, 2.24) is 4.90 Å². The minimum absolute atomic E-state index is 0.0491. The number of rotatable bonds is 6. The number of hydrogen-bond donors (Lipinski definition) is 1. The van der Waals surface area contributed by atoms with Gasteiger partial charge in [-0.2, -0.15) is 0 Å². The first-order valence-corrected chi connectivity index (χ1v) is 11.6. The van der Waals surface area contributed by atoms with Crippen LogP contribution < -0.4 is 5.32 Å². The summed E-state index contributed by atoms with van der Waals surface area (Å²) in [4.78, 5) is 27.8. The van der Waals surface area contributed by atoms with Crippen LogP contribution in [0, 0.1) is 12.8 Å². The van der Waals surface area contributed by atoms with Crippen molar-refractivity contribution in [3.05, 3.63) is 29.8 Å². The van der Waals surface area contributed by atoms with Gasteiger partial charge in [-0.05, 0) is 43.7 Å². The number of benzene rings is 1. The lowest BCUT2D eigenvalue weighted by molar-refractivity contribution is -0.148. The maximum atomic E-state index is 13.3. The van der Waals surface area contributed by atoms with Crippen LogP contribution in [0.1, 0.15) is 57.4 Å². The predicted molar refractivity (Wildman–Crippen MR) is 115 cm³/mol. The molecule has 6 heteroatoms. The number of para-hydroxylation sites is 1. The van der Waals surface area contributed by atoms with Gasteiger partial charge >= 0.3 is 12.0 Å². The normalized spacial score (nSPS) is 22.9. The number of hydrogen-bond acceptors (Lipinski definition) is 4. The van der Waals surface area contributed by atoms with Gasteiger partial charge in [-0.1, -0.05) is 50.8 Å². The van der Waals surface area contributed by atoms with E-state index in [2.05, 4.69) is 12.2 Å². The maximum absolute atomic E-state index is 13.3. The molecular formula is C22H32N2O3S. The molecule has 1 aliphatic heterocycles. The summed E-state index contributed by atoms with van der Waals surface area (Å²) in [7, 11) is 0. The molecule has 1 N–H and O–H groups in total. The van der Waals surface area contributed by atoms with Crippen molar-refractivity contribution < 1.29 is 14.3 Å². The number of urea groups is 1. The molecule has 154 valence electrons. The molecule has 0 radical (unpaired) electrons. The molecule has 2 unspecified atom stereocenters. The SMILES string of the molecule is CCCCOC(=O)C1CSC(C2CCCCC2)N1C(=O)Nc1ccccc1C. The highest BCUT2D eigenvalue weighted by atomic mass is 32.2. The van der Waals surface area contributed by atoms with Gasteiger partial charge in [0.1, 0.15) is 6.04 Å². The van der Waals surface area contributed by atoms with Gasteiger partial charge < -0.3 is 10.1 Å². The van der Waals surface area contributed by atoms with Gasteiger partial charge in [-0.25, -0.2) is 9.59 Å². The molecule has 2 fully saturated rings. The average molecular weight is 405 g/mol. The molecule has 1 aromatic rings. The minimum atomic E-state index is -0.502. The van der Waals surface area contributed by atoms with Crippen LogP contribution in [0.4, 0.5) is 10.5 Å². The standard InChI is InChI=1S/C22H32N2O3S/c1-3-4-14-27-21(25)19-15-28-20(17-11-6-5-7-12-17)24(19)22(26)23-18-13-9-8-10-16(18)2/h8-10,13,17,19-20H,3-7,11-12,14-15H2,1-2H3,(H,23,26). The first kappa shape index (κ1) is 21.0. The second kappa shape index (κ2) is 10.2. The fraction of sp³-hybridized carbons (Fsp3) is 0.636. The number of carbonyl (C=O) groups is 2. The number of esters is 1. The van der Waals surface area contributed by atoms with E-state index in [1.807, 2.05) is 31.2 Å². The third kappa shape index (κ3) is 5.02. The fourth-order valence-corrected chi connectivity index (χ4v) is 5.68. The van der Waals surface area contributed by atoms with E-state index in [9.17, 15) is 9.59 Å². The van der Waals surface area contributed by atoms with Crippen molar-refractivity contribution >= 4 is 29.4 Å². The lowest BCUT2D eigenvalue weighted by atomic mass is 9.88. The number of ether oxygens (including phenoxy) is 1. The predicted octanol–water partition coefficient (Wildman–Crippen LogP) is 5.19. The van der Waals surface area contributed by atoms with Crippen molar-refractivity contribution in [2.45, 2.75) is 70.2 Å². The molecule has 1 heterocycles. The van der Waals surface area contributed by atoms with Crippen molar-refractivity contribution in [1.29, 1.82) is 0 Å². The lowest BCUT2D eigenvalue weighted by Crippen LogP contribution is -2.50. The van der Waals surface area contributed by atoms with E-state index < -0.39 is 6.04 Å². The van der Waals surface area contributed by atoms with E-state index in [1.165, 1.54) is 19.3 Å². The summed E-state index contributed by atoms with van der Waals surface area (Å²) in [5.74, 6) is 0.807. The summed E-state index contributed by atoms with van der Waals surface area (Å²) in [6, 6.07) is 7.06. The van der Waals surface area contributed by atoms with E-state index in [0.717, 1.165) is 36.9 Å². The van der Waals surface area contributed by atoms with Crippen molar-refractivity contribution in [2.75, 3.05) is 17.7 Å². The van der Waals surface area contributed by atoms with Crippen LogP contribution in [-0.2, 0) is 9.53 Å². The molecule has 0 aromatic heterocycles. The lowest BCUT2D eigenvalue weighted by Gasteiger charge is -2.35. The van der Waals surface area contributed by atoms with Crippen LogP contribution in [0.15, 0.2) is 24.3 Å². The summed E-state index contributed by atoms with van der Waals surface area (Å²) in [6.45, 7) is 4.47. The molecular weight excluding hydrogens is 372 g/mol. The second-order valence-electron chi connectivity index (χ2n) is 7.81. The molecule has 1 saturated carbocycles. The number of anilines is 1. The highest BCUT2D eigenvalue weighted by Gasteiger charge is 2.45. The fourth-order valence-electron chi connectivity index (χ4n) is 4.06.